The molecule has 0 saturated heterocycles. The van der Waals surface area contributed by atoms with Crippen molar-refractivity contribution in [3.8, 4) is 5.75 Å². The molecular formula is C25H28N2O3. The Bertz CT molecular complexity index is 1020. The summed E-state index contributed by atoms with van der Waals surface area (Å²) in [5.41, 5.74) is 0.937. The Balaban J connectivity index is 1.45. The summed E-state index contributed by atoms with van der Waals surface area (Å²) in [6.45, 7) is 6.27. The average molecular weight is 405 g/mol. The molecule has 2 amide bonds. The Kier molecular flexibility index (Phi) is 6.72. The van der Waals surface area contributed by atoms with Gasteiger partial charge < -0.3 is 15.4 Å². The lowest BCUT2D eigenvalue weighted by Gasteiger charge is -2.20. The van der Waals surface area contributed by atoms with Gasteiger partial charge in [-0.1, -0.05) is 36.4 Å². The van der Waals surface area contributed by atoms with E-state index < -0.39 is 0 Å². The molecule has 3 aromatic rings. The van der Waals surface area contributed by atoms with Crippen LogP contribution >= 0.6 is 0 Å². The van der Waals surface area contributed by atoms with Crippen LogP contribution in [0.1, 0.15) is 44.0 Å². The topological polar surface area (TPSA) is 67.4 Å². The first-order valence-electron chi connectivity index (χ1n) is 10.1. The molecule has 3 aromatic carbocycles. The average Bonchev–Trinajstić information content (AvgIpc) is 2.70. The lowest BCUT2D eigenvalue weighted by atomic mass is 10.1. The van der Waals surface area contributed by atoms with Gasteiger partial charge in [0.15, 0.2) is 0 Å². The van der Waals surface area contributed by atoms with E-state index in [1.165, 1.54) is 0 Å². The van der Waals surface area contributed by atoms with E-state index in [1.807, 2.05) is 63.2 Å². The van der Waals surface area contributed by atoms with Gasteiger partial charge in [0.05, 0.1) is 6.61 Å². The third-order valence-electron chi connectivity index (χ3n) is 4.47. The van der Waals surface area contributed by atoms with Gasteiger partial charge in [-0.25, -0.2) is 0 Å². The minimum Gasteiger partial charge on any atom is -0.493 e. The second-order valence-corrected chi connectivity index (χ2v) is 8.26. The highest BCUT2D eigenvalue weighted by Gasteiger charge is 2.15. The van der Waals surface area contributed by atoms with E-state index in [-0.39, 0.29) is 17.4 Å². The van der Waals surface area contributed by atoms with Gasteiger partial charge in [-0.2, -0.15) is 0 Å². The predicted molar refractivity (Wildman–Crippen MR) is 121 cm³/mol. The van der Waals surface area contributed by atoms with Gasteiger partial charge in [0, 0.05) is 28.6 Å². The zero-order chi connectivity index (χ0) is 21.6. The van der Waals surface area contributed by atoms with Crippen molar-refractivity contribution in [3.63, 3.8) is 0 Å². The van der Waals surface area contributed by atoms with Crippen LogP contribution in [0.5, 0.6) is 5.75 Å². The highest BCUT2D eigenvalue weighted by molar-refractivity contribution is 5.96. The largest absolute Gasteiger partial charge is 0.493 e. The number of ether oxygens (including phenoxy) is 1. The summed E-state index contributed by atoms with van der Waals surface area (Å²) in [5, 5.41) is 7.97. The molecule has 5 heteroatoms. The third-order valence-corrected chi connectivity index (χ3v) is 4.47. The number of carbonyl (C=O) groups is 2. The molecule has 0 radical (unpaired) electrons. The summed E-state index contributed by atoms with van der Waals surface area (Å²) >= 11 is 0. The molecule has 0 bridgehead atoms. The van der Waals surface area contributed by atoms with Crippen molar-refractivity contribution in [2.24, 2.45) is 0 Å². The van der Waals surface area contributed by atoms with Crippen LogP contribution in [0.4, 0.5) is 5.69 Å². The van der Waals surface area contributed by atoms with Crippen molar-refractivity contribution in [3.05, 3.63) is 72.3 Å². The fraction of sp³-hybridized carbons (Fsp3) is 0.280. The summed E-state index contributed by atoms with van der Waals surface area (Å²) in [6, 6.07) is 20.9. The van der Waals surface area contributed by atoms with Gasteiger partial charge in [0.2, 0.25) is 5.91 Å². The van der Waals surface area contributed by atoms with Crippen LogP contribution < -0.4 is 15.4 Å². The fourth-order valence-corrected chi connectivity index (χ4v) is 3.08. The standard InChI is InChI=1S/C25H28N2O3/c1-25(2,3)27-24(29)19-13-15-20(16-14-19)26-23(28)12-7-17-30-22-11-6-9-18-8-4-5-10-21(18)22/h4-6,8-11,13-16H,7,12,17H2,1-3H3,(H,26,28)(H,27,29). The molecule has 0 aliphatic carbocycles. The normalized spacial score (nSPS) is 11.2. The first kappa shape index (κ1) is 21.4. The Morgan fingerprint density at radius 1 is 0.900 bits per heavy atom. The van der Waals surface area contributed by atoms with Gasteiger partial charge in [-0.15, -0.1) is 0 Å². The molecule has 30 heavy (non-hydrogen) atoms. The van der Waals surface area contributed by atoms with Gasteiger partial charge in [0.25, 0.3) is 5.91 Å². The van der Waals surface area contributed by atoms with Gasteiger partial charge >= 0.3 is 0 Å². The number of amides is 2. The maximum absolute atomic E-state index is 12.2. The highest BCUT2D eigenvalue weighted by Crippen LogP contribution is 2.25. The minimum absolute atomic E-state index is 0.0802. The van der Waals surface area contributed by atoms with Crippen LogP contribution in [-0.4, -0.2) is 24.0 Å². The van der Waals surface area contributed by atoms with E-state index in [9.17, 15) is 9.59 Å². The first-order valence-corrected chi connectivity index (χ1v) is 10.1. The monoisotopic (exact) mass is 404 g/mol. The van der Waals surface area contributed by atoms with Crippen LogP contribution in [0.25, 0.3) is 10.8 Å². The fourth-order valence-electron chi connectivity index (χ4n) is 3.08. The van der Waals surface area contributed by atoms with Crippen LogP contribution in [0.3, 0.4) is 0 Å². The molecular weight excluding hydrogens is 376 g/mol. The number of nitrogens with one attached hydrogen (secondary N) is 2. The Morgan fingerprint density at radius 3 is 2.33 bits per heavy atom. The molecule has 3 rings (SSSR count). The van der Waals surface area contributed by atoms with Crippen molar-refractivity contribution in [2.45, 2.75) is 39.2 Å². The lowest BCUT2D eigenvalue weighted by molar-refractivity contribution is -0.116. The SMILES string of the molecule is CC(C)(C)NC(=O)c1ccc(NC(=O)CCCOc2cccc3ccccc23)cc1. The number of hydrogen-bond acceptors (Lipinski definition) is 3. The smallest absolute Gasteiger partial charge is 0.251 e. The molecule has 5 nitrogen and oxygen atoms in total. The predicted octanol–water partition coefficient (Wildman–Crippen LogP) is 5.17. The molecule has 0 heterocycles. The molecule has 0 spiro atoms. The number of carbonyl (C=O) groups excluding carboxylic acids is 2. The first-order chi connectivity index (χ1) is 14.3. The zero-order valence-corrected chi connectivity index (χ0v) is 17.7. The van der Waals surface area contributed by atoms with Gasteiger partial charge in [-0.3, -0.25) is 9.59 Å². The molecule has 0 unspecified atom stereocenters. The summed E-state index contributed by atoms with van der Waals surface area (Å²) in [6.07, 6.45) is 0.970. The quantitative estimate of drug-likeness (QED) is 0.534. The number of anilines is 1. The molecule has 0 aliphatic rings. The van der Waals surface area contributed by atoms with Crippen LogP contribution in [-0.2, 0) is 4.79 Å². The third kappa shape index (κ3) is 6.08. The van der Waals surface area contributed by atoms with E-state index in [1.54, 1.807) is 24.3 Å². The van der Waals surface area contributed by atoms with Crippen LogP contribution in [0, 0.1) is 0 Å². The number of benzene rings is 3. The van der Waals surface area contributed by atoms with Crippen molar-refractivity contribution in [1.29, 1.82) is 0 Å². The van der Waals surface area contributed by atoms with E-state index in [4.69, 9.17) is 4.74 Å². The summed E-state index contributed by atoms with van der Waals surface area (Å²) in [5.74, 6) is 0.618. The number of fused-ring (bicyclic) bond motifs is 1. The highest BCUT2D eigenvalue weighted by atomic mass is 16.5. The summed E-state index contributed by atoms with van der Waals surface area (Å²) < 4.78 is 5.88. The van der Waals surface area contributed by atoms with Crippen molar-refractivity contribution < 1.29 is 14.3 Å². The Hall–Kier alpha value is -3.34. The maximum Gasteiger partial charge on any atom is 0.251 e. The van der Waals surface area contributed by atoms with E-state index in [0.717, 1.165) is 16.5 Å². The van der Waals surface area contributed by atoms with E-state index in [2.05, 4.69) is 10.6 Å². The Labute approximate surface area is 177 Å². The number of rotatable bonds is 7. The van der Waals surface area contributed by atoms with Crippen molar-refractivity contribution in [2.75, 3.05) is 11.9 Å². The maximum atomic E-state index is 12.2. The number of hydrogen-bond donors (Lipinski definition) is 2. The molecule has 0 aliphatic heterocycles. The second-order valence-electron chi connectivity index (χ2n) is 8.26. The van der Waals surface area contributed by atoms with Crippen LogP contribution in [0.15, 0.2) is 66.7 Å². The van der Waals surface area contributed by atoms with Crippen LogP contribution in [0.2, 0.25) is 0 Å². The van der Waals surface area contributed by atoms with Crippen molar-refractivity contribution >= 4 is 28.3 Å². The lowest BCUT2D eigenvalue weighted by Crippen LogP contribution is -2.40. The summed E-state index contributed by atoms with van der Waals surface area (Å²) in [4.78, 5) is 24.4. The van der Waals surface area contributed by atoms with Gasteiger partial charge in [-0.05, 0) is 62.9 Å². The zero-order valence-electron chi connectivity index (χ0n) is 17.7. The molecule has 0 fully saturated rings. The Morgan fingerprint density at radius 2 is 1.60 bits per heavy atom. The van der Waals surface area contributed by atoms with Gasteiger partial charge in [0.1, 0.15) is 5.75 Å². The molecule has 0 atom stereocenters. The molecule has 0 aromatic heterocycles. The molecule has 156 valence electrons. The molecule has 2 N–H and O–H groups in total. The molecule has 0 saturated carbocycles. The minimum atomic E-state index is -0.294. The summed E-state index contributed by atoms with van der Waals surface area (Å²) in [7, 11) is 0. The van der Waals surface area contributed by atoms with E-state index in [0.29, 0.717) is 30.7 Å². The van der Waals surface area contributed by atoms with Crippen molar-refractivity contribution in [1.82, 2.24) is 5.32 Å². The second kappa shape index (κ2) is 9.44. The van der Waals surface area contributed by atoms with E-state index >= 15 is 0 Å².